The van der Waals surface area contributed by atoms with Gasteiger partial charge in [-0.25, -0.2) is 4.79 Å². The van der Waals surface area contributed by atoms with Gasteiger partial charge in [-0.2, -0.15) is 5.26 Å². The zero-order valence-corrected chi connectivity index (χ0v) is 18.3. The minimum atomic E-state index is -1.04. The molecule has 0 aromatic heterocycles. The lowest BCUT2D eigenvalue weighted by Crippen LogP contribution is -2.35. The number of nitriles is 1. The van der Waals surface area contributed by atoms with E-state index in [1.54, 1.807) is 30.3 Å². The Balaban J connectivity index is 2.32. The SMILES string of the molecule is CCOc1cc(/C=C(/C#N)C(=O)NC(N)=O)cc(I)c1OCc1ccc(Cl)cc1. The summed E-state index contributed by atoms with van der Waals surface area (Å²) in [6.07, 6.45) is 1.34. The molecule has 2 aromatic carbocycles. The number of amides is 3. The van der Waals surface area contributed by atoms with Crippen molar-refractivity contribution >= 4 is 52.2 Å². The molecule has 2 rings (SSSR count). The summed E-state index contributed by atoms with van der Waals surface area (Å²) >= 11 is 7.98. The van der Waals surface area contributed by atoms with Crippen LogP contribution in [0.5, 0.6) is 11.5 Å². The van der Waals surface area contributed by atoms with E-state index in [2.05, 4.69) is 22.6 Å². The van der Waals surface area contributed by atoms with E-state index in [0.29, 0.717) is 35.3 Å². The standard InChI is InChI=1S/C20H17ClIN3O4/c1-2-28-17-9-13(7-14(10-23)19(26)25-20(24)27)8-16(22)18(17)29-11-12-3-5-15(21)6-4-12/h3-9H,2,11H2,1H3,(H3,24,25,26,27)/b14-7-. The van der Waals surface area contributed by atoms with Crippen molar-refractivity contribution in [3.63, 3.8) is 0 Å². The van der Waals surface area contributed by atoms with Crippen molar-refractivity contribution in [2.75, 3.05) is 6.61 Å². The molecule has 0 aliphatic heterocycles. The van der Waals surface area contributed by atoms with Crippen molar-refractivity contribution in [1.82, 2.24) is 5.32 Å². The minimum absolute atomic E-state index is 0.267. The van der Waals surface area contributed by atoms with E-state index in [4.69, 9.17) is 26.8 Å². The van der Waals surface area contributed by atoms with E-state index in [9.17, 15) is 14.9 Å². The van der Waals surface area contributed by atoms with Crippen LogP contribution in [0.3, 0.4) is 0 Å². The van der Waals surface area contributed by atoms with Crippen molar-refractivity contribution in [2.45, 2.75) is 13.5 Å². The molecule has 0 bridgehead atoms. The molecular formula is C20H17ClIN3O4. The molecule has 9 heteroatoms. The lowest BCUT2D eigenvalue weighted by atomic mass is 10.1. The van der Waals surface area contributed by atoms with Crippen LogP contribution in [0.4, 0.5) is 4.79 Å². The van der Waals surface area contributed by atoms with E-state index >= 15 is 0 Å². The van der Waals surface area contributed by atoms with Crippen LogP contribution in [0.25, 0.3) is 6.08 Å². The van der Waals surface area contributed by atoms with E-state index in [1.165, 1.54) is 6.08 Å². The summed E-state index contributed by atoms with van der Waals surface area (Å²) in [4.78, 5) is 22.7. The largest absolute Gasteiger partial charge is 0.490 e. The van der Waals surface area contributed by atoms with Crippen LogP contribution in [-0.2, 0) is 11.4 Å². The molecule has 0 saturated heterocycles. The number of urea groups is 1. The zero-order chi connectivity index (χ0) is 21.4. The highest BCUT2D eigenvalue weighted by atomic mass is 127. The first kappa shape index (κ1) is 22.5. The van der Waals surface area contributed by atoms with Crippen molar-refractivity contribution in [3.05, 3.63) is 61.7 Å². The van der Waals surface area contributed by atoms with Crippen LogP contribution in [-0.4, -0.2) is 18.5 Å². The Morgan fingerprint density at radius 1 is 1.28 bits per heavy atom. The predicted molar refractivity (Wildman–Crippen MR) is 117 cm³/mol. The van der Waals surface area contributed by atoms with Crippen LogP contribution in [0.1, 0.15) is 18.1 Å². The summed E-state index contributed by atoms with van der Waals surface area (Å²) in [5.74, 6) is 0.128. The van der Waals surface area contributed by atoms with Gasteiger partial charge < -0.3 is 15.2 Å². The summed E-state index contributed by atoms with van der Waals surface area (Å²) in [6.45, 7) is 2.54. The predicted octanol–water partition coefficient (Wildman–Crippen LogP) is 4.02. The van der Waals surface area contributed by atoms with Gasteiger partial charge in [-0.1, -0.05) is 23.7 Å². The van der Waals surface area contributed by atoms with E-state index < -0.39 is 11.9 Å². The number of imide groups is 1. The van der Waals surface area contributed by atoms with Crippen molar-refractivity contribution in [3.8, 4) is 17.6 Å². The van der Waals surface area contributed by atoms with Crippen LogP contribution >= 0.6 is 34.2 Å². The molecule has 0 saturated carbocycles. The van der Waals surface area contributed by atoms with Gasteiger partial charge in [-0.05, 0) is 71.0 Å². The number of ether oxygens (including phenoxy) is 2. The van der Waals surface area contributed by atoms with Gasteiger partial charge in [0.2, 0.25) is 0 Å². The van der Waals surface area contributed by atoms with Crippen LogP contribution in [0, 0.1) is 14.9 Å². The van der Waals surface area contributed by atoms with Gasteiger partial charge in [0, 0.05) is 5.02 Å². The molecule has 3 amide bonds. The van der Waals surface area contributed by atoms with E-state index in [0.717, 1.165) is 9.13 Å². The molecule has 0 radical (unpaired) electrons. The maximum atomic E-state index is 11.9. The molecule has 0 fully saturated rings. The van der Waals surface area contributed by atoms with Gasteiger partial charge in [0.1, 0.15) is 18.2 Å². The molecule has 0 spiro atoms. The Labute approximate surface area is 186 Å². The fraction of sp³-hybridized carbons (Fsp3) is 0.150. The Morgan fingerprint density at radius 3 is 2.55 bits per heavy atom. The molecule has 0 heterocycles. The molecule has 0 aliphatic carbocycles. The highest BCUT2D eigenvalue weighted by molar-refractivity contribution is 14.1. The molecule has 0 aliphatic rings. The highest BCUT2D eigenvalue weighted by Crippen LogP contribution is 2.35. The second-order valence-electron chi connectivity index (χ2n) is 5.67. The quantitative estimate of drug-likeness (QED) is 0.322. The van der Waals surface area contributed by atoms with Gasteiger partial charge >= 0.3 is 6.03 Å². The first-order valence-corrected chi connectivity index (χ1v) is 9.85. The van der Waals surface area contributed by atoms with Crippen LogP contribution in [0.2, 0.25) is 5.02 Å². The number of halogens is 2. The molecule has 2 aromatic rings. The summed E-state index contributed by atoms with van der Waals surface area (Å²) < 4.78 is 12.3. The molecule has 0 unspecified atom stereocenters. The Bertz CT molecular complexity index is 984. The number of carbonyl (C=O) groups excluding carboxylic acids is 2. The number of nitrogens with one attached hydrogen (secondary N) is 1. The monoisotopic (exact) mass is 525 g/mol. The number of hydrogen-bond donors (Lipinski definition) is 2. The van der Waals surface area contributed by atoms with Crippen LogP contribution < -0.4 is 20.5 Å². The van der Waals surface area contributed by atoms with Gasteiger partial charge in [-0.15, -0.1) is 0 Å². The third-order valence-corrected chi connectivity index (χ3v) is 4.59. The average molecular weight is 526 g/mol. The number of nitrogens with two attached hydrogens (primary N) is 1. The van der Waals surface area contributed by atoms with Crippen molar-refractivity contribution in [1.29, 1.82) is 5.26 Å². The smallest absolute Gasteiger partial charge is 0.319 e. The molecule has 150 valence electrons. The zero-order valence-electron chi connectivity index (χ0n) is 15.4. The Morgan fingerprint density at radius 2 is 1.97 bits per heavy atom. The van der Waals surface area contributed by atoms with Gasteiger partial charge in [0.15, 0.2) is 11.5 Å². The Hall–Kier alpha value is -2.77. The maximum absolute atomic E-state index is 11.9. The molecule has 7 nitrogen and oxygen atoms in total. The number of carbonyl (C=O) groups is 2. The van der Waals surface area contributed by atoms with Crippen molar-refractivity contribution in [2.24, 2.45) is 5.73 Å². The molecular weight excluding hydrogens is 509 g/mol. The van der Waals surface area contributed by atoms with E-state index in [-0.39, 0.29) is 5.57 Å². The average Bonchev–Trinajstić information content (AvgIpc) is 2.66. The Kier molecular flexibility index (Phi) is 8.30. The maximum Gasteiger partial charge on any atom is 0.319 e. The van der Waals surface area contributed by atoms with E-state index in [1.807, 2.05) is 24.4 Å². The normalized spacial score (nSPS) is 10.8. The topological polar surface area (TPSA) is 114 Å². The van der Waals surface area contributed by atoms with Gasteiger partial charge in [0.05, 0.1) is 10.2 Å². The number of primary amides is 1. The summed E-state index contributed by atoms with van der Waals surface area (Å²) in [6, 6.07) is 11.4. The second-order valence-corrected chi connectivity index (χ2v) is 7.26. The summed E-state index contributed by atoms with van der Waals surface area (Å²) in [5, 5.41) is 11.7. The highest BCUT2D eigenvalue weighted by Gasteiger charge is 2.15. The fourth-order valence-corrected chi connectivity index (χ4v) is 3.21. The third-order valence-electron chi connectivity index (χ3n) is 3.54. The lowest BCUT2D eigenvalue weighted by molar-refractivity contribution is -0.115. The first-order valence-electron chi connectivity index (χ1n) is 8.40. The summed E-state index contributed by atoms with van der Waals surface area (Å²) in [5.41, 5.74) is 6.13. The molecule has 29 heavy (non-hydrogen) atoms. The fourth-order valence-electron chi connectivity index (χ4n) is 2.30. The third kappa shape index (κ3) is 6.66. The number of rotatable bonds is 7. The first-order chi connectivity index (χ1) is 13.8. The number of hydrogen-bond acceptors (Lipinski definition) is 5. The molecule has 3 N–H and O–H groups in total. The number of nitrogens with zero attached hydrogens (tertiary/aromatic N) is 1. The van der Waals surface area contributed by atoms with Crippen LogP contribution in [0.15, 0.2) is 42.0 Å². The second kappa shape index (κ2) is 10.7. The van der Waals surface area contributed by atoms with Gasteiger partial charge in [0.25, 0.3) is 5.91 Å². The van der Waals surface area contributed by atoms with Crippen molar-refractivity contribution < 1.29 is 19.1 Å². The minimum Gasteiger partial charge on any atom is -0.490 e. The molecule has 0 atom stereocenters. The lowest BCUT2D eigenvalue weighted by Gasteiger charge is -2.15. The number of benzene rings is 2. The summed E-state index contributed by atoms with van der Waals surface area (Å²) in [7, 11) is 0. The van der Waals surface area contributed by atoms with Gasteiger partial charge in [-0.3, -0.25) is 10.1 Å².